The van der Waals surface area contributed by atoms with Crippen molar-refractivity contribution in [2.24, 2.45) is 0 Å². The Kier molecular flexibility index (Phi) is 10.9. The summed E-state index contributed by atoms with van der Waals surface area (Å²) in [6, 6.07) is 25.2. The van der Waals surface area contributed by atoms with E-state index in [1.54, 1.807) is 49.4 Å². The van der Waals surface area contributed by atoms with Gasteiger partial charge in [0.25, 0.3) is 10.0 Å². The number of hydrogen-bond donors (Lipinski definition) is 1. The summed E-state index contributed by atoms with van der Waals surface area (Å²) in [7, 11) is -4.30. The zero-order chi connectivity index (χ0) is 33.6. The number of benzene rings is 4. The number of amides is 2. The van der Waals surface area contributed by atoms with Gasteiger partial charge in [-0.3, -0.25) is 13.9 Å². The highest BCUT2D eigenvalue weighted by molar-refractivity contribution is 7.92. The molecule has 0 bridgehead atoms. The molecule has 0 aliphatic rings. The standard InChI is InChI=1S/C36H39ClFN3O4S/c1-25-18-20-29(21-19-25)46(44,45)41(32-17-11-15-30(37)26(32)2)24-34(42)40(23-28-14-9-10-16-31(28)38)33(35(43)39-36(3,4)5)22-27-12-7-6-8-13-27/h6-21,33H,22-24H2,1-5H3,(H,39,43)/t33-/m1/s1. The number of sulfonamides is 1. The number of nitrogens with zero attached hydrogens (tertiary/aromatic N) is 2. The second-order valence-electron chi connectivity index (χ2n) is 12.3. The summed E-state index contributed by atoms with van der Waals surface area (Å²) in [6.45, 7) is 8.05. The van der Waals surface area contributed by atoms with E-state index in [4.69, 9.17) is 11.6 Å². The number of aryl methyl sites for hydroxylation is 1. The molecular weight excluding hydrogens is 625 g/mol. The average molecular weight is 664 g/mol. The van der Waals surface area contributed by atoms with E-state index >= 15 is 4.39 Å². The lowest BCUT2D eigenvalue weighted by molar-refractivity contribution is -0.140. The lowest BCUT2D eigenvalue weighted by Gasteiger charge is -2.35. The van der Waals surface area contributed by atoms with Crippen LogP contribution in [0.3, 0.4) is 0 Å². The molecule has 4 aromatic carbocycles. The number of anilines is 1. The lowest BCUT2D eigenvalue weighted by atomic mass is 10.0. The van der Waals surface area contributed by atoms with E-state index in [0.29, 0.717) is 10.6 Å². The van der Waals surface area contributed by atoms with Crippen LogP contribution in [0.25, 0.3) is 0 Å². The molecule has 0 fully saturated rings. The molecule has 2 amide bonds. The van der Waals surface area contributed by atoms with Gasteiger partial charge in [-0.25, -0.2) is 12.8 Å². The van der Waals surface area contributed by atoms with Gasteiger partial charge in [0.2, 0.25) is 11.8 Å². The first-order chi connectivity index (χ1) is 21.7. The molecular formula is C36H39ClFN3O4S. The van der Waals surface area contributed by atoms with Gasteiger partial charge in [-0.15, -0.1) is 0 Å². The molecule has 0 aliphatic carbocycles. The molecule has 242 valence electrons. The third-order valence-electron chi connectivity index (χ3n) is 7.46. The molecule has 0 unspecified atom stereocenters. The number of carbonyl (C=O) groups is 2. The van der Waals surface area contributed by atoms with Gasteiger partial charge in [-0.1, -0.05) is 83.9 Å². The Hall–Kier alpha value is -4.21. The van der Waals surface area contributed by atoms with Crippen molar-refractivity contribution in [3.05, 3.63) is 130 Å². The number of hydrogen-bond acceptors (Lipinski definition) is 4. The second kappa shape index (κ2) is 14.5. The van der Waals surface area contributed by atoms with Crippen LogP contribution in [-0.4, -0.2) is 43.3 Å². The Labute approximate surface area is 276 Å². The first-order valence-electron chi connectivity index (χ1n) is 14.9. The fraction of sp³-hybridized carbons (Fsp3) is 0.278. The van der Waals surface area contributed by atoms with E-state index in [2.05, 4.69) is 5.32 Å². The van der Waals surface area contributed by atoms with Gasteiger partial charge in [0.05, 0.1) is 10.6 Å². The molecule has 10 heteroatoms. The summed E-state index contributed by atoms with van der Waals surface area (Å²) in [6.07, 6.45) is 0.115. The zero-order valence-corrected chi connectivity index (χ0v) is 28.2. The molecule has 0 aromatic heterocycles. The molecule has 0 radical (unpaired) electrons. The summed E-state index contributed by atoms with van der Waals surface area (Å²) in [5.74, 6) is -1.69. The third-order valence-corrected chi connectivity index (χ3v) is 9.65. The van der Waals surface area contributed by atoms with Crippen LogP contribution in [0.5, 0.6) is 0 Å². The lowest BCUT2D eigenvalue weighted by Crippen LogP contribution is -2.56. The number of rotatable bonds is 11. The van der Waals surface area contributed by atoms with Crippen LogP contribution in [0.4, 0.5) is 10.1 Å². The average Bonchev–Trinajstić information content (AvgIpc) is 3.00. The molecule has 0 spiro atoms. The minimum Gasteiger partial charge on any atom is -0.350 e. The Balaban J connectivity index is 1.86. The van der Waals surface area contributed by atoms with Crippen molar-refractivity contribution >= 4 is 39.1 Å². The Bertz CT molecular complexity index is 1790. The SMILES string of the molecule is Cc1ccc(S(=O)(=O)N(CC(=O)N(Cc2ccccc2F)[C@H](Cc2ccccc2)C(=O)NC(C)(C)C)c2cccc(Cl)c2C)cc1. The molecule has 7 nitrogen and oxygen atoms in total. The smallest absolute Gasteiger partial charge is 0.264 e. The third kappa shape index (κ3) is 8.53. The maximum absolute atomic E-state index is 15.1. The predicted molar refractivity (Wildman–Crippen MR) is 181 cm³/mol. The Morgan fingerprint density at radius 1 is 0.870 bits per heavy atom. The highest BCUT2D eigenvalue weighted by Crippen LogP contribution is 2.31. The molecule has 4 rings (SSSR count). The quantitative estimate of drug-likeness (QED) is 0.190. The molecule has 0 saturated heterocycles. The van der Waals surface area contributed by atoms with E-state index < -0.39 is 45.8 Å². The highest BCUT2D eigenvalue weighted by Gasteiger charge is 2.36. The fourth-order valence-electron chi connectivity index (χ4n) is 5.03. The number of carbonyl (C=O) groups excluding carboxylic acids is 2. The van der Waals surface area contributed by atoms with Crippen molar-refractivity contribution in [3.8, 4) is 0 Å². The van der Waals surface area contributed by atoms with Gasteiger partial charge in [0.1, 0.15) is 18.4 Å². The van der Waals surface area contributed by atoms with Gasteiger partial charge < -0.3 is 10.2 Å². The van der Waals surface area contributed by atoms with E-state index in [1.807, 2.05) is 58.0 Å². The van der Waals surface area contributed by atoms with Crippen LogP contribution >= 0.6 is 11.6 Å². The van der Waals surface area contributed by atoms with E-state index in [0.717, 1.165) is 15.4 Å². The minimum absolute atomic E-state index is 0.0164. The fourth-order valence-corrected chi connectivity index (χ4v) is 6.68. The van der Waals surface area contributed by atoms with Crippen LogP contribution in [-0.2, 0) is 32.6 Å². The van der Waals surface area contributed by atoms with Crippen LogP contribution in [0, 0.1) is 19.7 Å². The largest absolute Gasteiger partial charge is 0.350 e. The molecule has 0 aliphatic heterocycles. The topological polar surface area (TPSA) is 86.8 Å². The van der Waals surface area contributed by atoms with Gasteiger partial charge in [-0.05, 0) is 76.1 Å². The molecule has 1 N–H and O–H groups in total. The van der Waals surface area contributed by atoms with Gasteiger partial charge >= 0.3 is 0 Å². The van der Waals surface area contributed by atoms with E-state index in [-0.39, 0.29) is 29.1 Å². The summed E-state index contributed by atoms with van der Waals surface area (Å²) in [5.41, 5.74) is 1.86. The Morgan fingerprint density at radius 2 is 1.50 bits per heavy atom. The summed E-state index contributed by atoms with van der Waals surface area (Å²) in [4.78, 5) is 29.7. The highest BCUT2D eigenvalue weighted by atomic mass is 35.5. The monoisotopic (exact) mass is 663 g/mol. The van der Waals surface area contributed by atoms with Crippen LogP contribution in [0.1, 0.15) is 43.0 Å². The van der Waals surface area contributed by atoms with Crippen molar-refractivity contribution in [1.29, 1.82) is 0 Å². The van der Waals surface area contributed by atoms with Crippen molar-refractivity contribution < 1.29 is 22.4 Å². The van der Waals surface area contributed by atoms with Crippen LogP contribution < -0.4 is 9.62 Å². The van der Waals surface area contributed by atoms with Gasteiger partial charge in [0.15, 0.2) is 0 Å². The first kappa shape index (κ1) is 34.7. The van der Waals surface area contributed by atoms with E-state index in [1.165, 1.54) is 29.2 Å². The molecule has 46 heavy (non-hydrogen) atoms. The molecule has 1 atom stereocenters. The zero-order valence-electron chi connectivity index (χ0n) is 26.6. The molecule has 0 heterocycles. The van der Waals surface area contributed by atoms with Crippen LogP contribution in [0.15, 0.2) is 102 Å². The summed E-state index contributed by atoms with van der Waals surface area (Å²) < 4.78 is 44.6. The second-order valence-corrected chi connectivity index (χ2v) is 14.5. The minimum atomic E-state index is -4.30. The maximum Gasteiger partial charge on any atom is 0.264 e. The van der Waals surface area contributed by atoms with Crippen molar-refractivity contribution in [1.82, 2.24) is 10.2 Å². The predicted octanol–water partition coefficient (Wildman–Crippen LogP) is 6.85. The normalized spacial score (nSPS) is 12.3. The van der Waals surface area contributed by atoms with Crippen molar-refractivity contribution in [2.75, 3.05) is 10.8 Å². The van der Waals surface area contributed by atoms with Gasteiger partial charge in [0, 0.05) is 29.1 Å². The van der Waals surface area contributed by atoms with Gasteiger partial charge in [-0.2, -0.15) is 0 Å². The molecule has 4 aromatic rings. The molecule has 0 saturated carbocycles. The Morgan fingerprint density at radius 3 is 2.13 bits per heavy atom. The first-order valence-corrected chi connectivity index (χ1v) is 16.7. The number of halogens is 2. The van der Waals surface area contributed by atoms with E-state index in [9.17, 15) is 18.0 Å². The maximum atomic E-state index is 15.1. The van der Waals surface area contributed by atoms with Crippen molar-refractivity contribution in [2.45, 2.75) is 64.1 Å². The number of nitrogens with one attached hydrogen (secondary N) is 1. The summed E-state index contributed by atoms with van der Waals surface area (Å²) in [5, 5.41) is 3.29. The van der Waals surface area contributed by atoms with Crippen LogP contribution in [0.2, 0.25) is 5.02 Å². The summed E-state index contributed by atoms with van der Waals surface area (Å²) >= 11 is 6.43. The van der Waals surface area contributed by atoms with Crippen molar-refractivity contribution in [3.63, 3.8) is 0 Å².